The van der Waals surface area contributed by atoms with E-state index >= 15 is 0 Å². The van der Waals surface area contributed by atoms with Gasteiger partial charge in [0.15, 0.2) is 0 Å². The minimum absolute atomic E-state index is 0.161. The highest BCUT2D eigenvalue weighted by molar-refractivity contribution is 5.95. The topological polar surface area (TPSA) is 62.5 Å². The van der Waals surface area contributed by atoms with Crippen molar-refractivity contribution in [3.05, 3.63) is 35.5 Å². The molecule has 0 aliphatic rings. The molecule has 2 rings (SSSR count). The van der Waals surface area contributed by atoms with Gasteiger partial charge in [-0.3, -0.25) is 0 Å². The van der Waals surface area contributed by atoms with Gasteiger partial charge in [-0.25, -0.2) is 4.79 Å². The molecular weight excluding hydrogens is 230 g/mol. The van der Waals surface area contributed by atoms with Crippen LogP contribution in [0.2, 0.25) is 0 Å². The molecule has 1 aromatic carbocycles. The molecule has 96 valence electrons. The molecule has 0 saturated heterocycles. The van der Waals surface area contributed by atoms with Gasteiger partial charge < -0.3 is 14.8 Å². The van der Waals surface area contributed by atoms with E-state index in [9.17, 15) is 4.79 Å². The molecule has 2 N–H and O–H groups in total. The number of carbonyl (C=O) groups is 1. The molecule has 1 aromatic heterocycles. The van der Waals surface area contributed by atoms with E-state index in [2.05, 4.69) is 11.5 Å². The summed E-state index contributed by atoms with van der Waals surface area (Å²) >= 11 is 0. The number of hydrogen-bond donors (Lipinski definition) is 2. The lowest BCUT2D eigenvalue weighted by atomic mass is 10.1. The maximum absolute atomic E-state index is 11.0. The number of nitrogens with zero attached hydrogens (tertiary/aromatic N) is 1. The van der Waals surface area contributed by atoms with Crippen molar-refractivity contribution in [2.75, 3.05) is 6.61 Å². The standard InChI is InChI=1S/C14H17NO3/c1-2-10-9-15(6-3-7-16)13-5-4-11(14(17)18)8-12(10)13/h4-5,8-9,16H,2-3,6-7H2,1H3,(H,17,18). The Morgan fingerprint density at radius 1 is 1.39 bits per heavy atom. The summed E-state index contributed by atoms with van der Waals surface area (Å²) in [7, 11) is 0. The number of hydrogen-bond acceptors (Lipinski definition) is 2. The van der Waals surface area contributed by atoms with Crippen LogP contribution in [0.5, 0.6) is 0 Å². The summed E-state index contributed by atoms with van der Waals surface area (Å²) < 4.78 is 2.08. The van der Waals surface area contributed by atoms with E-state index in [1.165, 1.54) is 0 Å². The molecule has 0 radical (unpaired) electrons. The summed E-state index contributed by atoms with van der Waals surface area (Å²) in [4.78, 5) is 11.0. The Kier molecular flexibility index (Phi) is 3.67. The van der Waals surface area contributed by atoms with Crippen LogP contribution in [0.3, 0.4) is 0 Å². The molecule has 0 amide bonds. The van der Waals surface area contributed by atoms with Gasteiger partial charge in [-0.15, -0.1) is 0 Å². The SMILES string of the molecule is CCc1cn(CCCO)c2ccc(C(=O)O)cc12. The number of rotatable bonds is 5. The van der Waals surface area contributed by atoms with Crippen molar-refractivity contribution in [2.24, 2.45) is 0 Å². The highest BCUT2D eigenvalue weighted by atomic mass is 16.4. The molecule has 0 fully saturated rings. The van der Waals surface area contributed by atoms with Gasteiger partial charge in [0, 0.05) is 30.3 Å². The van der Waals surface area contributed by atoms with Crippen LogP contribution in [-0.2, 0) is 13.0 Å². The quantitative estimate of drug-likeness (QED) is 0.852. The van der Waals surface area contributed by atoms with Gasteiger partial charge >= 0.3 is 5.97 Å². The van der Waals surface area contributed by atoms with E-state index in [0.717, 1.165) is 29.4 Å². The van der Waals surface area contributed by atoms with Crippen molar-refractivity contribution in [3.8, 4) is 0 Å². The number of carboxylic acids is 1. The highest BCUT2D eigenvalue weighted by Crippen LogP contribution is 2.23. The average Bonchev–Trinajstić information content (AvgIpc) is 2.73. The number of aliphatic hydroxyl groups excluding tert-OH is 1. The summed E-state index contributed by atoms with van der Waals surface area (Å²) in [6.07, 6.45) is 3.62. The molecule has 0 bridgehead atoms. The average molecular weight is 247 g/mol. The molecule has 18 heavy (non-hydrogen) atoms. The van der Waals surface area contributed by atoms with E-state index in [4.69, 9.17) is 10.2 Å². The summed E-state index contributed by atoms with van der Waals surface area (Å²) in [6.45, 7) is 2.96. The fourth-order valence-corrected chi connectivity index (χ4v) is 2.21. The predicted octanol–water partition coefficient (Wildman–Crippen LogP) is 2.28. The monoisotopic (exact) mass is 247 g/mol. The second-order valence-electron chi connectivity index (χ2n) is 4.32. The number of aliphatic hydroxyl groups is 1. The van der Waals surface area contributed by atoms with Crippen LogP contribution in [0.25, 0.3) is 10.9 Å². The molecule has 4 nitrogen and oxygen atoms in total. The smallest absolute Gasteiger partial charge is 0.335 e. The van der Waals surface area contributed by atoms with Crippen molar-refractivity contribution < 1.29 is 15.0 Å². The zero-order chi connectivity index (χ0) is 13.1. The van der Waals surface area contributed by atoms with E-state index in [-0.39, 0.29) is 6.61 Å². The summed E-state index contributed by atoms with van der Waals surface area (Å²) in [5.74, 6) is -0.901. The molecule has 0 unspecified atom stereocenters. The second-order valence-corrected chi connectivity index (χ2v) is 4.32. The van der Waals surface area contributed by atoms with Crippen molar-refractivity contribution >= 4 is 16.9 Å². The lowest BCUT2D eigenvalue weighted by molar-refractivity contribution is 0.0697. The van der Waals surface area contributed by atoms with Gasteiger partial charge in [-0.1, -0.05) is 6.92 Å². The molecule has 0 aliphatic heterocycles. The lowest BCUT2D eigenvalue weighted by Gasteiger charge is -2.03. The van der Waals surface area contributed by atoms with E-state index in [0.29, 0.717) is 12.0 Å². The Morgan fingerprint density at radius 2 is 2.17 bits per heavy atom. The van der Waals surface area contributed by atoms with Crippen LogP contribution >= 0.6 is 0 Å². The molecule has 0 spiro atoms. The summed E-state index contributed by atoms with van der Waals surface area (Å²) in [5.41, 5.74) is 2.49. The van der Waals surface area contributed by atoms with Crippen LogP contribution in [0, 0.1) is 0 Å². The Balaban J connectivity index is 2.52. The first-order valence-electron chi connectivity index (χ1n) is 6.13. The minimum Gasteiger partial charge on any atom is -0.478 e. The number of carboxylic acid groups (broad SMARTS) is 1. The zero-order valence-corrected chi connectivity index (χ0v) is 10.4. The van der Waals surface area contributed by atoms with Crippen molar-refractivity contribution in [2.45, 2.75) is 26.3 Å². The second kappa shape index (κ2) is 5.23. The van der Waals surface area contributed by atoms with Crippen molar-refractivity contribution in [1.29, 1.82) is 0 Å². The molecule has 4 heteroatoms. The third-order valence-electron chi connectivity index (χ3n) is 3.15. The van der Waals surface area contributed by atoms with Crippen LogP contribution in [-0.4, -0.2) is 27.4 Å². The minimum atomic E-state index is -0.901. The normalized spacial score (nSPS) is 11.0. The number of aryl methyl sites for hydroxylation is 2. The Hall–Kier alpha value is -1.81. The molecule has 0 atom stereocenters. The molecular formula is C14H17NO3. The van der Waals surface area contributed by atoms with Crippen molar-refractivity contribution in [3.63, 3.8) is 0 Å². The van der Waals surface area contributed by atoms with Gasteiger partial charge in [0.2, 0.25) is 0 Å². The Labute approximate surface area is 105 Å². The molecule has 2 aromatic rings. The molecule has 1 heterocycles. The maximum atomic E-state index is 11.0. The van der Waals surface area contributed by atoms with E-state index < -0.39 is 5.97 Å². The van der Waals surface area contributed by atoms with E-state index in [1.807, 2.05) is 12.3 Å². The number of aromatic carboxylic acids is 1. The Morgan fingerprint density at radius 3 is 2.78 bits per heavy atom. The number of fused-ring (bicyclic) bond motifs is 1. The fraction of sp³-hybridized carbons (Fsp3) is 0.357. The third kappa shape index (κ3) is 2.24. The largest absolute Gasteiger partial charge is 0.478 e. The van der Waals surface area contributed by atoms with Crippen LogP contribution in [0.15, 0.2) is 24.4 Å². The molecule has 0 aliphatic carbocycles. The van der Waals surface area contributed by atoms with Crippen LogP contribution in [0.1, 0.15) is 29.3 Å². The molecule has 0 saturated carbocycles. The van der Waals surface area contributed by atoms with Gasteiger partial charge in [0.1, 0.15) is 0 Å². The fourth-order valence-electron chi connectivity index (χ4n) is 2.21. The van der Waals surface area contributed by atoms with Crippen LogP contribution < -0.4 is 0 Å². The van der Waals surface area contributed by atoms with Gasteiger partial charge in [-0.2, -0.15) is 0 Å². The summed E-state index contributed by atoms with van der Waals surface area (Å²) in [5, 5.41) is 18.9. The zero-order valence-electron chi connectivity index (χ0n) is 10.4. The first-order chi connectivity index (χ1) is 8.67. The number of benzene rings is 1. The van der Waals surface area contributed by atoms with Gasteiger partial charge in [0.05, 0.1) is 5.56 Å². The number of aromatic nitrogens is 1. The highest BCUT2D eigenvalue weighted by Gasteiger charge is 2.10. The van der Waals surface area contributed by atoms with Crippen LogP contribution in [0.4, 0.5) is 0 Å². The predicted molar refractivity (Wildman–Crippen MR) is 70.0 cm³/mol. The van der Waals surface area contributed by atoms with Gasteiger partial charge in [-0.05, 0) is 36.6 Å². The lowest BCUT2D eigenvalue weighted by Crippen LogP contribution is -1.99. The third-order valence-corrected chi connectivity index (χ3v) is 3.15. The maximum Gasteiger partial charge on any atom is 0.335 e. The first kappa shape index (κ1) is 12.6. The van der Waals surface area contributed by atoms with Crippen molar-refractivity contribution in [1.82, 2.24) is 4.57 Å². The summed E-state index contributed by atoms with van der Waals surface area (Å²) in [6, 6.07) is 5.20. The van der Waals surface area contributed by atoms with Gasteiger partial charge in [0.25, 0.3) is 0 Å². The Bertz CT molecular complexity index is 572. The first-order valence-corrected chi connectivity index (χ1v) is 6.13. The van der Waals surface area contributed by atoms with E-state index in [1.54, 1.807) is 12.1 Å².